The summed E-state index contributed by atoms with van der Waals surface area (Å²) in [6.45, 7) is 6.98. The van der Waals surface area contributed by atoms with Crippen LogP contribution in [0.1, 0.15) is 52.9 Å². The molecule has 21 heavy (non-hydrogen) atoms. The molecule has 5 unspecified atom stereocenters. The minimum Gasteiger partial charge on any atom is -0.299 e. The van der Waals surface area contributed by atoms with Gasteiger partial charge in [-0.1, -0.05) is 50.6 Å². The van der Waals surface area contributed by atoms with Crippen LogP contribution in [-0.2, 0) is 4.79 Å². The number of allylic oxidation sites excluding steroid dienone is 6. The largest absolute Gasteiger partial charge is 0.299 e. The van der Waals surface area contributed by atoms with Crippen LogP contribution in [0.15, 0.2) is 35.5 Å². The average molecular weight is 282 g/mol. The Morgan fingerprint density at radius 1 is 1.24 bits per heavy atom. The van der Waals surface area contributed by atoms with Crippen LogP contribution in [0.2, 0.25) is 0 Å². The Morgan fingerprint density at radius 3 is 2.86 bits per heavy atom. The molecule has 0 aromatic heterocycles. The lowest BCUT2D eigenvalue weighted by Gasteiger charge is -2.50. The van der Waals surface area contributed by atoms with Crippen molar-refractivity contribution in [1.29, 1.82) is 0 Å². The molecule has 0 amide bonds. The number of hydrogen-bond acceptors (Lipinski definition) is 1. The third kappa shape index (κ3) is 1.67. The van der Waals surface area contributed by atoms with Crippen molar-refractivity contribution >= 4 is 5.78 Å². The lowest BCUT2D eigenvalue weighted by molar-refractivity contribution is -0.126. The summed E-state index contributed by atoms with van der Waals surface area (Å²) in [6, 6.07) is 0. The lowest BCUT2D eigenvalue weighted by Crippen LogP contribution is -2.42. The molecule has 0 radical (unpaired) electrons. The second kappa shape index (κ2) is 4.21. The van der Waals surface area contributed by atoms with Gasteiger partial charge >= 0.3 is 0 Å². The monoisotopic (exact) mass is 282 g/mol. The van der Waals surface area contributed by atoms with Crippen LogP contribution >= 0.6 is 0 Å². The molecule has 1 heteroatoms. The maximum atomic E-state index is 12.3. The molecule has 5 atom stereocenters. The van der Waals surface area contributed by atoms with Gasteiger partial charge in [-0.15, -0.1) is 0 Å². The van der Waals surface area contributed by atoms with Crippen LogP contribution in [0.4, 0.5) is 0 Å². The van der Waals surface area contributed by atoms with E-state index >= 15 is 0 Å². The van der Waals surface area contributed by atoms with Gasteiger partial charge in [0.15, 0.2) is 0 Å². The van der Waals surface area contributed by atoms with Crippen LogP contribution in [0.3, 0.4) is 0 Å². The summed E-state index contributed by atoms with van der Waals surface area (Å²) < 4.78 is 0. The molecule has 0 spiro atoms. The van der Waals surface area contributed by atoms with Crippen LogP contribution in [0.5, 0.6) is 0 Å². The SMILES string of the molecule is CC1C=C2C=CC3C(=CCC4(C)C(=O)CCC34)C2(C)CC1. The second-order valence-corrected chi connectivity index (χ2v) is 8.20. The molecule has 112 valence electrons. The van der Waals surface area contributed by atoms with E-state index in [9.17, 15) is 4.79 Å². The van der Waals surface area contributed by atoms with E-state index in [1.54, 1.807) is 5.57 Å². The van der Waals surface area contributed by atoms with Crippen molar-refractivity contribution < 1.29 is 4.79 Å². The first-order chi connectivity index (χ1) is 9.95. The van der Waals surface area contributed by atoms with Gasteiger partial charge in [-0.25, -0.2) is 0 Å². The van der Waals surface area contributed by atoms with Gasteiger partial charge in [-0.2, -0.15) is 0 Å². The Bertz CT molecular complexity index is 593. The van der Waals surface area contributed by atoms with Crippen molar-refractivity contribution in [3.05, 3.63) is 35.5 Å². The molecule has 0 saturated heterocycles. The van der Waals surface area contributed by atoms with E-state index in [0.29, 0.717) is 23.5 Å². The number of fused-ring (bicyclic) bond motifs is 5. The molecular weight excluding hydrogens is 256 g/mol. The van der Waals surface area contributed by atoms with E-state index < -0.39 is 0 Å². The fraction of sp³-hybridized carbons (Fsp3) is 0.650. The first-order valence-electron chi connectivity index (χ1n) is 8.59. The summed E-state index contributed by atoms with van der Waals surface area (Å²) >= 11 is 0. The fourth-order valence-corrected chi connectivity index (χ4v) is 5.44. The van der Waals surface area contributed by atoms with Crippen molar-refractivity contribution in [2.45, 2.75) is 52.9 Å². The third-order valence-corrected chi connectivity index (χ3v) is 7.00. The maximum Gasteiger partial charge on any atom is 0.139 e. The highest BCUT2D eigenvalue weighted by Crippen LogP contribution is 2.60. The lowest BCUT2D eigenvalue weighted by atomic mass is 9.54. The standard InChI is InChI=1S/C20H26O/c1-13-8-10-19(2)14(12-13)4-5-15-16-6-7-18(21)20(16,3)11-9-17(15)19/h4-5,9,12-13,15-16H,6-8,10-11H2,1-3H3. The molecule has 0 aromatic rings. The quantitative estimate of drug-likeness (QED) is 0.580. The van der Waals surface area contributed by atoms with E-state index in [2.05, 4.69) is 45.1 Å². The maximum absolute atomic E-state index is 12.3. The van der Waals surface area contributed by atoms with Crippen molar-refractivity contribution in [2.75, 3.05) is 0 Å². The van der Waals surface area contributed by atoms with Crippen LogP contribution in [0, 0.1) is 28.6 Å². The zero-order chi connectivity index (χ0) is 14.8. The van der Waals surface area contributed by atoms with Crippen molar-refractivity contribution in [1.82, 2.24) is 0 Å². The van der Waals surface area contributed by atoms with Crippen LogP contribution in [0.25, 0.3) is 0 Å². The van der Waals surface area contributed by atoms with Crippen molar-refractivity contribution in [3.8, 4) is 0 Å². The molecule has 4 aliphatic carbocycles. The predicted octanol–water partition coefficient (Wildman–Crippen LogP) is 4.85. The summed E-state index contributed by atoms with van der Waals surface area (Å²) in [7, 11) is 0. The third-order valence-electron chi connectivity index (χ3n) is 7.00. The Hall–Kier alpha value is -1.11. The smallest absolute Gasteiger partial charge is 0.139 e. The van der Waals surface area contributed by atoms with Gasteiger partial charge in [0.05, 0.1) is 0 Å². The summed E-state index contributed by atoms with van der Waals surface area (Å²) in [5.41, 5.74) is 3.30. The Balaban J connectivity index is 1.81. The van der Waals surface area contributed by atoms with E-state index in [4.69, 9.17) is 0 Å². The number of hydrogen-bond donors (Lipinski definition) is 0. The zero-order valence-electron chi connectivity index (χ0n) is 13.5. The number of carbonyl (C=O) groups is 1. The minimum absolute atomic E-state index is 0.0853. The molecule has 0 heterocycles. The molecule has 1 saturated carbocycles. The average Bonchev–Trinajstić information content (AvgIpc) is 2.76. The fourth-order valence-electron chi connectivity index (χ4n) is 5.44. The topological polar surface area (TPSA) is 17.1 Å². The van der Waals surface area contributed by atoms with Gasteiger partial charge in [0.25, 0.3) is 0 Å². The molecule has 0 aliphatic heterocycles. The summed E-state index contributed by atoms with van der Waals surface area (Å²) in [4.78, 5) is 12.3. The van der Waals surface area contributed by atoms with E-state index in [1.165, 1.54) is 18.4 Å². The van der Waals surface area contributed by atoms with Gasteiger partial charge in [0, 0.05) is 23.2 Å². The molecular formula is C20H26O. The Morgan fingerprint density at radius 2 is 2.05 bits per heavy atom. The highest BCUT2D eigenvalue weighted by Gasteiger charge is 2.54. The molecule has 1 nitrogen and oxygen atoms in total. The van der Waals surface area contributed by atoms with E-state index in [-0.39, 0.29) is 10.8 Å². The van der Waals surface area contributed by atoms with Gasteiger partial charge in [0.1, 0.15) is 5.78 Å². The summed E-state index contributed by atoms with van der Waals surface area (Å²) in [5.74, 6) is 2.25. The predicted molar refractivity (Wildman–Crippen MR) is 85.8 cm³/mol. The van der Waals surface area contributed by atoms with Gasteiger partial charge in [0.2, 0.25) is 0 Å². The molecule has 0 N–H and O–H groups in total. The minimum atomic E-state index is -0.0853. The molecule has 4 rings (SSSR count). The molecule has 0 bridgehead atoms. The van der Waals surface area contributed by atoms with Gasteiger partial charge < -0.3 is 0 Å². The first kappa shape index (κ1) is 13.5. The van der Waals surface area contributed by atoms with Gasteiger partial charge in [-0.05, 0) is 43.1 Å². The molecule has 0 aromatic carbocycles. The summed E-state index contributed by atoms with van der Waals surface area (Å²) in [5, 5.41) is 0. The Labute approximate surface area is 128 Å². The first-order valence-corrected chi connectivity index (χ1v) is 8.59. The number of ketones is 1. The summed E-state index contributed by atoms with van der Waals surface area (Å²) in [6.07, 6.45) is 15.1. The number of carbonyl (C=O) groups excluding carboxylic acids is 1. The Kier molecular flexibility index (Phi) is 2.72. The van der Waals surface area contributed by atoms with E-state index in [1.807, 2.05) is 0 Å². The zero-order valence-corrected chi connectivity index (χ0v) is 13.5. The second-order valence-electron chi connectivity index (χ2n) is 8.20. The van der Waals surface area contributed by atoms with Gasteiger partial charge in [-0.3, -0.25) is 4.79 Å². The molecule has 1 fully saturated rings. The van der Waals surface area contributed by atoms with E-state index in [0.717, 1.165) is 19.3 Å². The normalized spacial score (nSPS) is 48.1. The highest BCUT2D eigenvalue weighted by molar-refractivity contribution is 5.87. The molecule has 4 aliphatic rings. The highest BCUT2D eigenvalue weighted by atomic mass is 16.1. The van der Waals surface area contributed by atoms with Crippen LogP contribution in [-0.4, -0.2) is 5.78 Å². The number of rotatable bonds is 0. The van der Waals surface area contributed by atoms with Crippen molar-refractivity contribution in [3.63, 3.8) is 0 Å². The van der Waals surface area contributed by atoms with Crippen LogP contribution < -0.4 is 0 Å². The number of Topliss-reactive ketones (excluding diaryl/α,β-unsaturated/α-hetero) is 1. The van der Waals surface area contributed by atoms with Crippen molar-refractivity contribution in [2.24, 2.45) is 28.6 Å².